The van der Waals surface area contributed by atoms with E-state index in [0.717, 1.165) is 5.56 Å². The third-order valence-corrected chi connectivity index (χ3v) is 3.99. The second kappa shape index (κ2) is 10.0. The molecule has 0 aliphatic rings. The van der Waals surface area contributed by atoms with Crippen molar-refractivity contribution in [1.82, 2.24) is 5.32 Å². The zero-order chi connectivity index (χ0) is 19.8. The minimum absolute atomic E-state index is 0.0395. The first-order valence-corrected chi connectivity index (χ1v) is 8.98. The maximum absolute atomic E-state index is 12.3. The lowest BCUT2D eigenvalue weighted by molar-refractivity contribution is 0.0843. The summed E-state index contributed by atoms with van der Waals surface area (Å²) < 4.78 is 16.2. The van der Waals surface area contributed by atoms with Crippen LogP contribution in [-0.2, 0) is 0 Å². The van der Waals surface area contributed by atoms with Crippen LogP contribution in [0.5, 0.6) is 17.2 Å². The third kappa shape index (κ3) is 6.05. The van der Waals surface area contributed by atoms with Crippen molar-refractivity contribution in [3.63, 3.8) is 0 Å². The molecule has 6 nitrogen and oxygen atoms in total. The van der Waals surface area contributed by atoms with Crippen LogP contribution < -0.4 is 19.5 Å². The Morgan fingerprint density at radius 2 is 2.04 bits per heavy atom. The van der Waals surface area contributed by atoms with Crippen molar-refractivity contribution >= 4 is 17.5 Å². The number of amides is 1. The number of nitrogens with one attached hydrogen (secondary N) is 1. The zero-order valence-electron chi connectivity index (χ0n) is 15.6. The van der Waals surface area contributed by atoms with E-state index in [4.69, 9.17) is 25.8 Å². The number of hydrogen-bond acceptors (Lipinski definition) is 5. The lowest BCUT2D eigenvalue weighted by Gasteiger charge is -2.15. The van der Waals surface area contributed by atoms with Crippen LogP contribution in [0.2, 0.25) is 5.02 Å². The molecule has 0 spiro atoms. The van der Waals surface area contributed by atoms with Gasteiger partial charge in [-0.3, -0.25) is 4.79 Å². The van der Waals surface area contributed by atoms with Crippen molar-refractivity contribution in [3.05, 3.63) is 52.5 Å². The highest BCUT2D eigenvalue weighted by Gasteiger charge is 2.16. The van der Waals surface area contributed by atoms with E-state index < -0.39 is 6.10 Å². The van der Waals surface area contributed by atoms with E-state index in [1.807, 2.05) is 38.1 Å². The van der Waals surface area contributed by atoms with Gasteiger partial charge in [0.05, 0.1) is 18.7 Å². The molecule has 0 aliphatic carbocycles. The Hall–Kier alpha value is -2.44. The van der Waals surface area contributed by atoms with Crippen LogP contribution in [-0.4, -0.2) is 44.0 Å². The molecule has 1 amide bonds. The van der Waals surface area contributed by atoms with Crippen LogP contribution in [0, 0.1) is 6.92 Å². The maximum Gasteiger partial charge on any atom is 0.251 e. The topological polar surface area (TPSA) is 77.0 Å². The standard InChI is InChI=1S/C20H24ClNO5/c1-4-26-19-17(21)9-14(10-18(19)25-3)20(24)22-11-15(23)12-27-16-7-5-6-13(2)8-16/h5-10,15,23H,4,11-12H2,1-3H3,(H,22,24). The smallest absolute Gasteiger partial charge is 0.251 e. The van der Waals surface area contributed by atoms with Crippen LogP contribution in [0.4, 0.5) is 0 Å². The monoisotopic (exact) mass is 393 g/mol. The molecule has 0 radical (unpaired) electrons. The van der Waals surface area contributed by atoms with Crippen molar-refractivity contribution in [3.8, 4) is 17.2 Å². The summed E-state index contributed by atoms with van der Waals surface area (Å²) in [6.45, 7) is 4.32. The molecular weight excluding hydrogens is 370 g/mol. The molecule has 0 saturated carbocycles. The maximum atomic E-state index is 12.3. The van der Waals surface area contributed by atoms with Gasteiger partial charge in [-0.1, -0.05) is 23.7 Å². The highest BCUT2D eigenvalue weighted by atomic mass is 35.5. The van der Waals surface area contributed by atoms with Gasteiger partial charge in [0.15, 0.2) is 11.5 Å². The van der Waals surface area contributed by atoms with Crippen molar-refractivity contribution in [2.45, 2.75) is 20.0 Å². The molecule has 0 heterocycles. The molecule has 2 aromatic rings. The van der Waals surface area contributed by atoms with Crippen molar-refractivity contribution in [1.29, 1.82) is 0 Å². The highest BCUT2D eigenvalue weighted by Crippen LogP contribution is 2.36. The largest absolute Gasteiger partial charge is 0.493 e. The Balaban J connectivity index is 1.92. The molecule has 1 atom stereocenters. The van der Waals surface area contributed by atoms with E-state index in [-0.39, 0.29) is 24.1 Å². The van der Waals surface area contributed by atoms with Crippen LogP contribution in [0.15, 0.2) is 36.4 Å². The van der Waals surface area contributed by atoms with Gasteiger partial charge in [-0.05, 0) is 43.7 Å². The molecular formula is C20H24ClNO5. The van der Waals surface area contributed by atoms with E-state index in [1.165, 1.54) is 13.2 Å². The SMILES string of the molecule is CCOc1c(Cl)cc(C(=O)NCC(O)COc2cccc(C)c2)cc1OC. The molecule has 2 rings (SSSR count). The average Bonchev–Trinajstić information content (AvgIpc) is 2.66. The zero-order valence-corrected chi connectivity index (χ0v) is 16.4. The number of halogens is 1. The summed E-state index contributed by atoms with van der Waals surface area (Å²) in [7, 11) is 1.47. The van der Waals surface area contributed by atoms with E-state index in [2.05, 4.69) is 5.32 Å². The molecule has 0 bridgehead atoms. The molecule has 0 saturated heterocycles. The molecule has 146 valence electrons. The fraction of sp³-hybridized carbons (Fsp3) is 0.350. The van der Waals surface area contributed by atoms with Crippen LogP contribution in [0.1, 0.15) is 22.8 Å². The Morgan fingerprint density at radius 1 is 1.26 bits per heavy atom. The normalized spacial score (nSPS) is 11.6. The van der Waals surface area contributed by atoms with Crippen LogP contribution >= 0.6 is 11.6 Å². The molecule has 7 heteroatoms. The first kappa shape index (κ1) is 20.9. The van der Waals surface area contributed by atoms with E-state index in [1.54, 1.807) is 6.07 Å². The number of aliphatic hydroxyl groups is 1. The number of carbonyl (C=O) groups is 1. The van der Waals surface area contributed by atoms with Gasteiger partial charge in [0, 0.05) is 12.1 Å². The van der Waals surface area contributed by atoms with Crippen molar-refractivity contribution in [2.24, 2.45) is 0 Å². The number of hydrogen-bond donors (Lipinski definition) is 2. The summed E-state index contributed by atoms with van der Waals surface area (Å²) in [5, 5.41) is 13.0. The first-order chi connectivity index (χ1) is 12.9. The molecule has 0 aliphatic heterocycles. The van der Waals surface area contributed by atoms with Gasteiger partial charge in [0.1, 0.15) is 18.5 Å². The van der Waals surface area contributed by atoms with E-state index >= 15 is 0 Å². The predicted molar refractivity (Wildman–Crippen MR) is 104 cm³/mol. The van der Waals surface area contributed by atoms with Crippen LogP contribution in [0.3, 0.4) is 0 Å². The van der Waals surface area contributed by atoms with Gasteiger partial charge in [-0.2, -0.15) is 0 Å². The summed E-state index contributed by atoms with van der Waals surface area (Å²) in [5.41, 5.74) is 1.38. The second-order valence-electron chi connectivity index (χ2n) is 5.91. The van der Waals surface area contributed by atoms with Crippen molar-refractivity contribution < 1.29 is 24.1 Å². The third-order valence-electron chi connectivity index (χ3n) is 3.71. The van der Waals surface area contributed by atoms with Gasteiger partial charge in [0.25, 0.3) is 5.91 Å². The molecule has 2 N–H and O–H groups in total. The molecule has 27 heavy (non-hydrogen) atoms. The number of carbonyl (C=O) groups excluding carboxylic acids is 1. The van der Waals surface area contributed by atoms with Gasteiger partial charge in [-0.25, -0.2) is 0 Å². The fourth-order valence-electron chi connectivity index (χ4n) is 2.40. The first-order valence-electron chi connectivity index (χ1n) is 8.60. The van der Waals surface area contributed by atoms with Gasteiger partial charge in [0.2, 0.25) is 0 Å². The highest BCUT2D eigenvalue weighted by molar-refractivity contribution is 6.32. The molecule has 2 aromatic carbocycles. The fourth-order valence-corrected chi connectivity index (χ4v) is 2.67. The average molecular weight is 394 g/mol. The number of ether oxygens (including phenoxy) is 3. The predicted octanol–water partition coefficient (Wildman–Crippen LogP) is 3.23. The summed E-state index contributed by atoms with van der Waals surface area (Å²) in [4.78, 5) is 12.3. The summed E-state index contributed by atoms with van der Waals surface area (Å²) in [6, 6.07) is 10.6. The van der Waals surface area contributed by atoms with Gasteiger partial charge in [-0.15, -0.1) is 0 Å². The number of benzene rings is 2. The summed E-state index contributed by atoms with van der Waals surface area (Å²) in [5.74, 6) is 1.05. The lowest BCUT2D eigenvalue weighted by atomic mass is 10.2. The van der Waals surface area contributed by atoms with Gasteiger partial charge >= 0.3 is 0 Å². The quantitative estimate of drug-likeness (QED) is 0.684. The Morgan fingerprint density at radius 3 is 2.70 bits per heavy atom. The molecule has 1 unspecified atom stereocenters. The molecule has 0 aromatic heterocycles. The number of methoxy groups -OCH3 is 1. The Kier molecular flexibility index (Phi) is 7.76. The Bertz CT molecular complexity index is 781. The Labute approximate surface area is 164 Å². The van der Waals surface area contributed by atoms with Gasteiger partial charge < -0.3 is 24.6 Å². The number of aliphatic hydroxyl groups excluding tert-OH is 1. The minimum Gasteiger partial charge on any atom is -0.493 e. The van der Waals surface area contributed by atoms with Crippen LogP contribution in [0.25, 0.3) is 0 Å². The van der Waals surface area contributed by atoms with E-state index in [0.29, 0.717) is 29.4 Å². The second-order valence-corrected chi connectivity index (χ2v) is 6.32. The van der Waals surface area contributed by atoms with Crippen molar-refractivity contribution in [2.75, 3.05) is 26.9 Å². The minimum atomic E-state index is -0.852. The lowest BCUT2D eigenvalue weighted by Crippen LogP contribution is -2.35. The molecule has 0 fully saturated rings. The number of aryl methyl sites for hydroxylation is 1. The summed E-state index contributed by atoms with van der Waals surface area (Å²) >= 11 is 6.17. The summed E-state index contributed by atoms with van der Waals surface area (Å²) in [6.07, 6.45) is -0.852. The van der Waals surface area contributed by atoms with E-state index in [9.17, 15) is 9.90 Å². The number of rotatable bonds is 9.